The van der Waals surface area contributed by atoms with Crippen LogP contribution in [0.5, 0.6) is 0 Å². The molecule has 2 aromatic heterocycles. The molecule has 0 aromatic carbocycles. The minimum absolute atomic E-state index is 0.165. The molecule has 0 saturated heterocycles. The van der Waals surface area contributed by atoms with Gasteiger partial charge in [-0.2, -0.15) is 0 Å². The molecule has 2 rings (SSSR count). The molecule has 0 aliphatic carbocycles. The van der Waals surface area contributed by atoms with Crippen LogP contribution in [0.1, 0.15) is 5.82 Å². The minimum Gasteiger partial charge on any atom is -0.370 e. The highest BCUT2D eigenvalue weighted by atomic mass is 16.6. The molecular formula is C7H9N7O2. The van der Waals surface area contributed by atoms with E-state index in [9.17, 15) is 10.1 Å². The van der Waals surface area contributed by atoms with Crippen molar-refractivity contribution in [2.24, 2.45) is 7.05 Å². The van der Waals surface area contributed by atoms with E-state index in [1.165, 1.54) is 6.20 Å². The van der Waals surface area contributed by atoms with Crippen molar-refractivity contribution in [2.75, 3.05) is 5.32 Å². The first kappa shape index (κ1) is 10.1. The Labute approximate surface area is 89.6 Å². The molecule has 2 aromatic rings. The first-order valence-electron chi connectivity index (χ1n) is 4.43. The Hall–Kier alpha value is -2.45. The van der Waals surface area contributed by atoms with Gasteiger partial charge in [-0.1, -0.05) is 5.10 Å². The van der Waals surface area contributed by atoms with Crippen molar-refractivity contribution in [2.45, 2.75) is 6.54 Å². The predicted molar refractivity (Wildman–Crippen MR) is 53.6 cm³/mol. The van der Waals surface area contributed by atoms with Gasteiger partial charge < -0.3 is 20.0 Å². The quantitative estimate of drug-likeness (QED) is 0.559. The molecular weight excluding hydrogens is 214 g/mol. The molecule has 0 amide bonds. The molecule has 0 bridgehead atoms. The van der Waals surface area contributed by atoms with Crippen LogP contribution >= 0.6 is 0 Å². The lowest BCUT2D eigenvalue weighted by Gasteiger charge is -2.02. The topological polar surface area (TPSA) is 115 Å². The van der Waals surface area contributed by atoms with Crippen molar-refractivity contribution in [1.82, 2.24) is 25.0 Å². The highest BCUT2D eigenvalue weighted by Gasteiger charge is 2.14. The highest BCUT2D eigenvalue weighted by Crippen LogP contribution is 2.19. The SMILES string of the molecule is Cn1cnnc1CNc1cn[nH]c1[N+](=O)[O-]. The number of aryl methyl sites for hydroxylation is 1. The fourth-order valence-electron chi connectivity index (χ4n) is 1.19. The number of H-pyrrole nitrogens is 1. The Morgan fingerprint density at radius 2 is 2.50 bits per heavy atom. The summed E-state index contributed by atoms with van der Waals surface area (Å²) in [6, 6.07) is 0. The number of nitrogens with zero attached hydrogens (tertiary/aromatic N) is 5. The summed E-state index contributed by atoms with van der Waals surface area (Å²) in [5.41, 5.74) is 0.327. The van der Waals surface area contributed by atoms with Crippen LogP contribution in [0.15, 0.2) is 12.5 Å². The zero-order valence-electron chi connectivity index (χ0n) is 8.41. The zero-order chi connectivity index (χ0) is 11.5. The van der Waals surface area contributed by atoms with Gasteiger partial charge in [-0.25, -0.2) is 0 Å². The first-order valence-corrected chi connectivity index (χ1v) is 4.43. The Bertz CT molecular complexity index is 502. The van der Waals surface area contributed by atoms with Crippen LogP contribution in [0, 0.1) is 10.1 Å². The Balaban J connectivity index is 2.08. The third-order valence-corrected chi connectivity index (χ3v) is 2.04. The number of rotatable bonds is 4. The summed E-state index contributed by atoms with van der Waals surface area (Å²) in [6.07, 6.45) is 2.91. The van der Waals surface area contributed by atoms with Crippen LogP contribution in [0.25, 0.3) is 0 Å². The molecule has 84 valence electrons. The molecule has 9 heteroatoms. The van der Waals surface area contributed by atoms with Crippen molar-refractivity contribution in [3.8, 4) is 0 Å². The molecule has 2 N–H and O–H groups in total. The second kappa shape index (κ2) is 3.96. The van der Waals surface area contributed by atoms with Gasteiger partial charge in [0.05, 0.1) is 6.54 Å². The van der Waals surface area contributed by atoms with Gasteiger partial charge in [-0.3, -0.25) is 0 Å². The van der Waals surface area contributed by atoms with E-state index in [1.807, 2.05) is 0 Å². The van der Waals surface area contributed by atoms with Crippen LogP contribution in [-0.2, 0) is 13.6 Å². The zero-order valence-corrected chi connectivity index (χ0v) is 8.41. The summed E-state index contributed by atoms with van der Waals surface area (Å²) in [5, 5.41) is 26.9. The largest absolute Gasteiger partial charge is 0.370 e. The van der Waals surface area contributed by atoms with E-state index in [0.29, 0.717) is 18.1 Å². The number of aromatic amines is 1. The van der Waals surface area contributed by atoms with E-state index in [0.717, 1.165) is 0 Å². The Kier molecular flexibility index (Phi) is 2.50. The first-order chi connectivity index (χ1) is 7.68. The predicted octanol–water partition coefficient (Wildman–Crippen LogP) is 0.0585. The van der Waals surface area contributed by atoms with Crippen molar-refractivity contribution in [3.63, 3.8) is 0 Å². The highest BCUT2D eigenvalue weighted by molar-refractivity contribution is 5.55. The third-order valence-electron chi connectivity index (χ3n) is 2.04. The monoisotopic (exact) mass is 223 g/mol. The summed E-state index contributed by atoms with van der Waals surface area (Å²) in [6.45, 7) is 0.344. The Morgan fingerprint density at radius 3 is 3.12 bits per heavy atom. The van der Waals surface area contributed by atoms with Gasteiger partial charge >= 0.3 is 5.82 Å². The van der Waals surface area contributed by atoms with Crippen molar-refractivity contribution >= 4 is 11.5 Å². The molecule has 0 aliphatic heterocycles. The van der Waals surface area contributed by atoms with E-state index in [4.69, 9.17) is 0 Å². The summed E-state index contributed by atoms with van der Waals surface area (Å²) in [5.74, 6) is 0.512. The van der Waals surface area contributed by atoms with E-state index >= 15 is 0 Å². The van der Waals surface area contributed by atoms with Crippen LogP contribution in [0.4, 0.5) is 11.5 Å². The van der Waals surface area contributed by atoms with Crippen molar-refractivity contribution in [1.29, 1.82) is 0 Å². The number of nitrogens with one attached hydrogen (secondary N) is 2. The lowest BCUT2D eigenvalue weighted by Crippen LogP contribution is -2.06. The fraction of sp³-hybridized carbons (Fsp3) is 0.286. The molecule has 0 radical (unpaired) electrons. The second-order valence-electron chi connectivity index (χ2n) is 3.10. The average Bonchev–Trinajstić information content (AvgIpc) is 2.83. The van der Waals surface area contributed by atoms with E-state index in [2.05, 4.69) is 25.7 Å². The average molecular weight is 223 g/mol. The van der Waals surface area contributed by atoms with Gasteiger partial charge in [0.15, 0.2) is 11.5 Å². The minimum atomic E-state index is -0.536. The molecule has 0 fully saturated rings. The summed E-state index contributed by atoms with van der Waals surface area (Å²) in [4.78, 5) is 10.0. The third kappa shape index (κ3) is 1.82. The molecule has 0 atom stereocenters. The maximum absolute atomic E-state index is 10.6. The van der Waals surface area contributed by atoms with Gasteiger partial charge in [0.2, 0.25) is 0 Å². The molecule has 0 saturated carbocycles. The normalized spacial score (nSPS) is 10.3. The van der Waals surface area contributed by atoms with Gasteiger partial charge in [-0.05, 0) is 4.92 Å². The lowest BCUT2D eigenvalue weighted by atomic mass is 10.4. The van der Waals surface area contributed by atoms with Gasteiger partial charge in [-0.15, -0.1) is 15.3 Å². The molecule has 2 heterocycles. The maximum atomic E-state index is 10.6. The number of hydrogen-bond donors (Lipinski definition) is 2. The van der Waals surface area contributed by atoms with Crippen molar-refractivity contribution < 1.29 is 4.92 Å². The molecule has 0 aliphatic rings. The van der Waals surface area contributed by atoms with Crippen LogP contribution in [-0.4, -0.2) is 29.9 Å². The van der Waals surface area contributed by atoms with E-state index in [1.54, 1.807) is 17.9 Å². The summed E-state index contributed by atoms with van der Waals surface area (Å²) < 4.78 is 1.72. The van der Waals surface area contributed by atoms with Crippen LogP contribution in [0.3, 0.4) is 0 Å². The second-order valence-corrected chi connectivity index (χ2v) is 3.10. The number of hydrogen-bond acceptors (Lipinski definition) is 6. The fourth-order valence-corrected chi connectivity index (χ4v) is 1.19. The van der Waals surface area contributed by atoms with Gasteiger partial charge in [0.1, 0.15) is 12.5 Å². The smallest absolute Gasteiger partial charge is 0.366 e. The molecule has 9 nitrogen and oxygen atoms in total. The summed E-state index contributed by atoms with van der Waals surface area (Å²) >= 11 is 0. The maximum Gasteiger partial charge on any atom is 0.366 e. The number of aromatic nitrogens is 5. The molecule has 0 unspecified atom stereocenters. The summed E-state index contributed by atoms with van der Waals surface area (Å²) in [7, 11) is 1.79. The Morgan fingerprint density at radius 1 is 1.69 bits per heavy atom. The van der Waals surface area contributed by atoms with Gasteiger partial charge in [0, 0.05) is 7.05 Å². The standard InChI is InChI=1S/C7H9N7O2/c1-13-4-10-11-6(13)3-8-5-2-9-12-7(5)14(15)16/h2,4,8H,3H2,1H3,(H,9,12). The lowest BCUT2D eigenvalue weighted by molar-refractivity contribution is -0.388. The number of anilines is 1. The van der Waals surface area contributed by atoms with E-state index < -0.39 is 4.92 Å². The molecule has 16 heavy (non-hydrogen) atoms. The van der Waals surface area contributed by atoms with Crippen molar-refractivity contribution in [3.05, 3.63) is 28.5 Å². The van der Waals surface area contributed by atoms with Gasteiger partial charge in [0.25, 0.3) is 0 Å². The number of nitro groups is 1. The van der Waals surface area contributed by atoms with Crippen LogP contribution in [0.2, 0.25) is 0 Å². The molecule has 0 spiro atoms. The van der Waals surface area contributed by atoms with Crippen LogP contribution < -0.4 is 5.32 Å². The van der Waals surface area contributed by atoms with E-state index in [-0.39, 0.29) is 5.82 Å².